The minimum Gasteiger partial charge on any atom is -0.143 e. The molecular formula is C9H6BrClS2. The average Bonchev–Trinajstić information content (AvgIpc) is 2.49. The van der Waals surface area contributed by atoms with E-state index in [1.54, 1.807) is 23.1 Å². The molecule has 0 atom stereocenters. The summed E-state index contributed by atoms with van der Waals surface area (Å²) in [6, 6.07) is 4.02. The van der Waals surface area contributed by atoms with Crippen LogP contribution in [0.15, 0.2) is 26.9 Å². The summed E-state index contributed by atoms with van der Waals surface area (Å²) in [6.07, 6.45) is 2.05. The fourth-order valence-corrected chi connectivity index (χ4v) is 4.16. The Labute approximate surface area is 98.4 Å². The fourth-order valence-electron chi connectivity index (χ4n) is 1.24. The molecule has 0 saturated heterocycles. The van der Waals surface area contributed by atoms with Gasteiger partial charge in [0.25, 0.3) is 0 Å². The van der Waals surface area contributed by atoms with Crippen LogP contribution >= 0.6 is 50.6 Å². The lowest BCUT2D eigenvalue weighted by Crippen LogP contribution is -1.74. The molecule has 0 amide bonds. The van der Waals surface area contributed by atoms with Gasteiger partial charge in [0.05, 0.1) is 5.02 Å². The molecule has 0 aliphatic rings. The molecule has 2 rings (SSSR count). The minimum atomic E-state index is 0.833. The predicted octanol–water partition coefficient (Wildman–Crippen LogP) is 5.04. The second-order valence-electron chi connectivity index (χ2n) is 2.54. The van der Waals surface area contributed by atoms with Gasteiger partial charge in [0.2, 0.25) is 0 Å². The molecular weight excluding hydrogens is 288 g/mol. The van der Waals surface area contributed by atoms with Crippen LogP contribution in [0.25, 0.3) is 10.1 Å². The third-order valence-electron chi connectivity index (χ3n) is 1.80. The number of halogens is 2. The standard InChI is InChI=1S/C9H6BrClS2/c1-12-9-6(11)2-3-7-8(9)5(10)4-13-7/h2-4H,1H3. The van der Waals surface area contributed by atoms with E-state index in [1.165, 1.54) is 10.1 Å². The Morgan fingerprint density at radius 1 is 1.46 bits per heavy atom. The van der Waals surface area contributed by atoms with Crippen LogP contribution in [0.4, 0.5) is 0 Å². The molecule has 13 heavy (non-hydrogen) atoms. The first-order valence-corrected chi connectivity index (χ1v) is 6.90. The van der Waals surface area contributed by atoms with Gasteiger partial charge in [-0.05, 0) is 34.3 Å². The lowest BCUT2D eigenvalue weighted by molar-refractivity contribution is 1.56. The maximum absolute atomic E-state index is 6.10. The third kappa shape index (κ3) is 1.63. The number of rotatable bonds is 1. The highest BCUT2D eigenvalue weighted by Crippen LogP contribution is 2.40. The van der Waals surface area contributed by atoms with E-state index in [0.717, 1.165) is 14.4 Å². The van der Waals surface area contributed by atoms with Gasteiger partial charge in [-0.25, -0.2) is 0 Å². The molecule has 0 N–H and O–H groups in total. The van der Waals surface area contributed by atoms with Gasteiger partial charge >= 0.3 is 0 Å². The molecule has 2 aromatic rings. The van der Waals surface area contributed by atoms with Crippen LogP contribution < -0.4 is 0 Å². The summed E-state index contributed by atoms with van der Waals surface area (Å²) in [7, 11) is 0. The summed E-state index contributed by atoms with van der Waals surface area (Å²) in [4.78, 5) is 1.16. The van der Waals surface area contributed by atoms with Crippen LogP contribution in [0.3, 0.4) is 0 Å². The molecule has 0 nitrogen and oxygen atoms in total. The fraction of sp³-hybridized carbons (Fsp3) is 0.111. The van der Waals surface area contributed by atoms with Gasteiger partial charge in [0.15, 0.2) is 0 Å². The first-order chi connectivity index (χ1) is 6.24. The molecule has 1 aromatic heterocycles. The number of fused-ring (bicyclic) bond motifs is 1. The van der Waals surface area contributed by atoms with Gasteiger partial charge in [-0.2, -0.15) is 0 Å². The second-order valence-corrected chi connectivity index (χ2v) is 5.53. The van der Waals surface area contributed by atoms with E-state index in [4.69, 9.17) is 11.6 Å². The first-order valence-electron chi connectivity index (χ1n) is 3.63. The lowest BCUT2D eigenvalue weighted by atomic mass is 10.3. The van der Waals surface area contributed by atoms with E-state index in [0.29, 0.717) is 0 Å². The maximum Gasteiger partial charge on any atom is 0.0549 e. The Morgan fingerprint density at radius 3 is 2.92 bits per heavy atom. The van der Waals surface area contributed by atoms with Crippen molar-refractivity contribution in [2.45, 2.75) is 4.90 Å². The third-order valence-corrected chi connectivity index (χ3v) is 4.94. The maximum atomic E-state index is 6.10. The SMILES string of the molecule is CSc1c(Cl)ccc2scc(Br)c12. The summed E-state index contributed by atoms with van der Waals surface area (Å²) in [5, 5.41) is 4.17. The number of thiophene rings is 1. The van der Waals surface area contributed by atoms with Crippen LogP contribution in [-0.4, -0.2) is 6.26 Å². The highest BCUT2D eigenvalue weighted by molar-refractivity contribution is 9.10. The molecule has 1 aromatic carbocycles. The minimum absolute atomic E-state index is 0.833. The van der Waals surface area contributed by atoms with E-state index in [2.05, 4.69) is 27.4 Å². The molecule has 68 valence electrons. The van der Waals surface area contributed by atoms with Gasteiger partial charge < -0.3 is 0 Å². The zero-order chi connectivity index (χ0) is 9.42. The topological polar surface area (TPSA) is 0 Å². The summed E-state index contributed by atoms with van der Waals surface area (Å²) in [5.74, 6) is 0. The Bertz CT molecular complexity index is 450. The Hall–Kier alpha value is 0.300. The molecule has 1 heterocycles. The summed E-state index contributed by atoms with van der Waals surface area (Å²) in [6.45, 7) is 0. The molecule has 0 aliphatic heterocycles. The highest BCUT2D eigenvalue weighted by Gasteiger charge is 2.09. The lowest BCUT2D eigenvalue weighted by Gasteiger charge is -2.02. The molecule has 0 saturated carbocycles. The monoisotopic (exact) mass is 292 g/mol. The van der Waals surface area contributed by atoms with Crippen molar-refractivity contribution >= 4 is 60.7 Å². The van der Waals surface area contributed by atoms with Crippen molar-refractivity contribution in [3.63, 3.8) is 0 Å². The van der Waals surface area contributed by atoms with Crippen molar-refractivity contribution in [1.82, 2.24) is 0 Å². The first kappa shape index (κ1) is 9.84. The number of hydrogen-bond acceptors (Lipinski definition) is 2. The zero-order valence-corrected chi connectivity index (χ0v) is 10.8. The van der Waals surface area contributed by atoms with E-state index in [9.17, 15) is 0 Å². The van der Waals surface area contributed by atoms with E-state index >= 15 is 0 Å². The van der Waals surface area contributed by atoms with Gasteiger partial charge in [0.1, 0.15) is 0 Å². The highest BCUT2D eigenvalue weighted by atomic mass is 79.9. The number of hydrogen-bond donors (Lipinski definition) is 0. The smallest absolute Gasteiger partial charge is 0.0549 e. The molecule has 0 unspecified atom stereocenters. The molecule has 0 radical (unpaired) electrons. The van der Waals surface area contributed by atoms with Gasteiger partial charge in [-0.3, -0.25) is 0 Å². The van der Waals surface area contributed by atoms with Crippen LogP contribution in [-0.2, 0) is 0 Å². The van der Waals surface area contributed by atoms with Crippen molar-refractivity contribution in [2.75, 3.05) is 6.26 Å². The van der Waals surface area contributed by atoms with Crippen LogP contribution in [0.2, 0.25) is 5.02 Å². The van der Waals surface area contributed by atoms with Gasteiger partial charge in [-0.15, -0.1) is 23.1 Å². The predicted molar refractivity (Wildman–Crippen MR) is 66.3 cm³/mol. The van der Waals surface area contributed by atoms with Gasteiger partial charge in [-0.1, -0.05) is 11.6 Å². The van der Waals surface area contributed by atoms with Gasteiger partial charge in [0, 0.05) is 24.8 Å². The largest absolute Gasteiger partial charge is 0.143 e. The molecule has 0 bridgehead atoms. The molecule has 0 spiro atoms. The van der Waals surface area contributed by atoms with Crippen molar-refractivity contribution in [1.29, 1.82) is 0 Å². The van der Waals surface area contributed by atoms with Crippen LogP contribution in [0.5, 0.6) is 0 Å². The van der Waals surface area contributed by atoms with E-state index in [1.807, 2.05) is 12.3 Å². The molecule has 0 fully saturated rings. The van der Waals surface area contributed by atoms with Crippen molar-refractivity contribution in [2.24, 2.45) is 0 Å². The van der Waals surface area contributed by atoms with E-state index < -0.39 is 0 Å². The summed E-state index contributed by atoms with van der Waals surface area (Å²) in [5.41, 5.74) is 0. The summed E-state index contributed by atoms with van der Waals surface area (Å²) >= 11 is 13.0. The van der Waals surface area contributed by atoms with Crippen molar-refractivity contribution < 1.29 is 0 Å². The normalized spacial score (nSPS) is 11.0. The average molecular weight is 294 g/mol. The zero-order valence-electron chi connectivity index (χ0n) is 6.80. The molecule has 4 heteroatoms. The van der Waals surface area contributed by atoms with Crippen molar-refractivity contribution in [3.05, 3.63) is 27.0 Å². The number of benzene rings is 1. The quantitative estimate of drug-likeness (QED) is 0.664. The Balaban J connectivity index is 2.88. The Kier molecular flexibility index (Phi) is 2.88. The second kappa shape index (κ2) is 3.81. The Morgan fingerprint density at radius 2 is 2.23 bits per heavy atom. The van der Waals surface area contributed by atoms with E-state index in [-0.39, 0.29) is 0 Å². The van der Waals surface area contributed by atoms with Crippen LogP contribution in [0.1, 0.15) is 0 Å². The summed E-state index contributed by atoms with van der Waals surface area (Å²) < 4.78 is 2.42. The van der Waals surface area contributed by atoms with Crippen molar-refractivity contribution in [3.8, 4) is 0 Å². The molecule has 0 aliphatic carbocycles. The number of thioether (sulfide) groups is 1. The van der Waals surface area contributed by atoms with Crippen LogP contribution in [0, 0.1) is 0 Å².